The van der Waals surface area contributed by atoms with Crippen molar-refractivity contribution in [2.24, 2.45) is 10.9 Å². The molecule has 102 valence electrons. The average molecular weight is 273 g/mol. The van der Waals surface area contributed by atoms with E-state index < -0.39 is 14.6 Å². The Bertz CT molecular complexity index is 538. The summed E-state index contributed by atoms with van der Waals surface area (Å²) in [6, 6.07) is 3.38. The number of rotatable bonds is 4. The number of hydrogen-bond acceptors (Lipinski definition) is 4. The predicted molar refractivity (Wildman–Crippen MR) is 70.5 cm³/mol. The summed E-state index contributed by atoms with van der Waals surface area (Å²) in [6.45, 7) is 5.28. The van der Waals surface area contributed by atoms with Crippen LogP contribution in [0.25, 0.3) is 0 Å². The number of aromatic nitrogens is 1. The highest BCUT2D eigenvalue weighted by molar-refractivity contribution is 7.92. The second-order valence-electron chi connectivity index (χ2n) is 5.00. The van der Waals surface area contributed by atoms with Crippen molar-refractivity contribution < 1.29 is 13.6 Å². The maximum Gasteiger partial charge on any atom is 0.186 e. The minimum atomic E-state index is -3.19. The largest absolute Gasteiger partial charge is 0.409 e. The van der Waals surface area contributed by atoms with Gasteiger partial charge in [-0.3, -0.25) is 0 Å². The standard InChI is InChI=1S/C11H19N3O3S/c1-11(2,3)18(16,17)8-7-14-6-4-5-9(14)10(12)13-15/h4-6,15H,7-8H2,1-3H3,(H2,12,13). The summed E-state index contributed by atoms with van der Waals surface area (Å²) in [7, 11) is -3.19. The molecule has 0 saturated carbocycles. The third-order valence-electron chi connectivity index (χ3n) is 2.73. The highest BCUT2D eigenvalue weighted by Gasteiger charge is 2.28. The van der Waals surface area contributed by atoms with Gasteiger partial charge >= 0.3 is 0 Å². The van der Waals surface area contributed by atoms with Crippen molar-refractivity contribution in [1.82, 2.24) is 4.57 Å². The molecule has 0 aliphatic heterocycles. The van der Waals surface area contributed by atoms with E-state index >= 15 is 0 Å². The Labute approximate surface area is 107 Å². The smallest absolute Gasteiger partial charge is 0.186 e. The first-order valence-electron chi connectivity index (χ1n) is 5.54. The van der Waals surface area contributed by atoms with Crippen molar-refractivity contribution in [3.05, 3.63) is 24.0 Å². The van der Waals surface area contributed by atoms with E-state index in [4.69, 9.17) is 10.9 Å². The van der Waals surface area contributed by atoms with Crippen LogP contribution >= 0.6 is 0 Å². The van der Waals surface area contributed by atoms with Crippen molar-refractivity contribution >= 4 is 15.7 Å². The summed E-state index contributed by atoms with van der Waals surface area (Å²) >= 11 is 0. The molecule has 0 atom stereocenters. The topological polar surface area (TPSA) is 97.7 Å². The molecule has 0 saturated heterocycles. The van der Waals surface area contributed by atoms with E-state index in [9.17, 15) is 8.42 Å². The van der Waals surface area contributed by atoms with E-state index in [-0.39, 0.29) is 18.1 Å². The molecule has 0 amide bonds. The molecule has 1 aromatic heterocycles. The van der Waals surface area contributed by atoms with Gasteiger partial charge in [0.1, 0.15) is 0 Å². The van der Waals surface area contributed by atoms with Crippen LogP contribution in [0.3, 0.4) is 0 Å². The summed E-state index contributed by atoms with van der Waals surface area (Å²) < 4.78 is 24.8. The average Bonchev–Trinajstić information content (AvgIpc) is 2.72. The molecule has 0 unspecified atom stereocenters. The predicted octanol–water partition coefficient (Wildman–Crippen LogP) is 0.796. The Kier molecular flexibility index (Phi) is 4.05. The number of hydrogen-bond donors (Lipinski definition) is 2. The minimum Gasteiger partial charge on any atom is -0.409 e. The number of nitrogens with two attached hydrogens (primary N) is 1. The first-order valence-corrected chi connectivity index (χ1v) is 7.19. The summed E-state index contributed by atoms with van der Waals surface area (Å²) in [5, 5.41) is 11.5. The SMILES string of the molecule is CC(C)(C)S(=O)(=O)CCn1cccc1/C(N)=N/O. The van der Waals surface area contributed by atoms with Crippen molar-refractivity contribution in [1.29, 1.82) is 0 Å². The lowest BCUT2D eigenvalue weighted by molar-refractivity contribution is 0.318. The van der Waals surface area contributed by atoms with Crippen LogP contribution in [0.1, 0.15) is 26.5 Å². The summed E-state index contributed by atoms with van der Waals surface area (Å²) in [4.78, 5) is 0. The number of aryl methyl sites for hydroxylation is 1. The van der Waals surface area contributed by atoms with Gasteiger partial charge in [0.2, 0.25) is 0 Å². The van der Waals surface area contributed by atoms with Gasteiger partial charge in [-0.05, 0) is 32.9 Å². The third kappa shape index (κ3) is 3.04. The fraction of sp³-hybridized carbons (Fsp3) is 0.545. The molecule has 0 spiro atoms. The fourth-order valence-electron chi connectivity index (χ4n) is 1.42. The van der Waals surface area contributed by atoms with E-state index in [2.05, 4.69) is 5.16 Å². The molecule has 6 nitrogen and oxygen atoms in total. The van der Waals surface area contributed by atoms with Crippen molar-refractivity contribution in [3.63, 3.8) is 0 Å². The number of amidine groups is 1. The van der Waals surface area contributed by atoms with Crippen LogP contribution in [0.15, 0.2) is 23.5 Å². The van der Waals surface area contributed by atoms with Crippen molar-refractivity contribution in [3.8, 4) is 0 Å². The molecule has 0 bridgehead atoms. The minimum absolute atomic E-state index is 0.0108. The first-order chi connectivity index (χ1) is 8.19. The van der Waals surface area contributed by atoms with Crippen LogP contribution < -0.4 is 5.73 Å². The van der Waals surface area contributed by atoms with Crippen LogP contribution in [0.5, 0.6) is 0 Å². The Morgan fingerprint density at radius 2 is 2.11 bits per heavy atom. The highest BCUT2D eigenvalue weighted by atomic mass is 32.2. The lowest BCUT2D eigenvalue weighted by Gasteiger charge is -2.19. The van der Waals surface area contributed by atoms with E-state index in [0.717, 1.165) is 0 Å². The molecule has 1 heterocycles. The normalized spacial score (nSPS) is 13.8. The molecule has 1 aromatic rings. The van der Waals surface area contributed by atoms with Crippen LogP contribution in [-0.4, -0.2) is 34.5 Å². The van der Waals surface area contributed by atoms with E-state index in [0.29, 0.717) is 5.69 Å². The second-order valence-corrected chi connectivity index (χ2v) is 7.87. The maximum absolute atomic E-state index is 12.0. The van der Waals surface area contributed by atoms with Gasteiger partial charge in [-0.2, -0.15) is 0 Å². The first kappa shape index (κ1) is 14.6. The zero-order valence-electron chi connectivity index (χ0n) is 10.8. The summed E-state index contributed by atoms with van der Waals surface area (Å²) in [5.41, 5.74) is 6.00. The maximum atomic E-state index is 12.0. The van der Waals surface area contributed by atoms with Crippen LogP contribution in [0.4, 0.5) is 0 Å². The molecular weight excluding hydrogens is 254 g/mol. The lowest BCUT2D eigenvalue weighted by atomic mass is 10.3. The molecule has 0 aliphatic carbocycles. The van der Waals surface area contributed by atoms with Crippen LogP contribution in [-0.2, 0) is 16.4 Å². The molecular formula is C11H19N3O3S. The zero-order valence-corrected chi connectivity index (χ0v) is 11.6. The van der Waals surface area contributed by atoms with Crippen LogP contribution in [0, 0.1) is 0 Å². The van der Waals surface area contributed by atoms with Gasteiger partial charge in [-0.25, -0.2) is 8.42 Å². The van der Waals surface area contributed by atoms with Crippen molar-refractivity contribution in [2.75, 3.05) is 5.75 Å². The molecule has 18 heavy (non-hydrogen) atoms. The number of oxime groups is 1. The van der Waals surface area contributed by atoms with Gasteiger partial charge < -0.3 is 15.5 Å². The van der Waals surface area contributed by atoms with Gasteiger partial charge in [-0.15, -0.1) is 0 Å². The number of sulfone groups is 1. The zero-order chi connectivity index (χ0) is 14.0. The Balaban J connectivity index is 2.86. The monoisotopic (exact) mass is 273 g/mol. The van der Waals surface area contributed by atoms with E-state index in [1.165, 1.54) is 0 Å². The quantitative estimate of drug-likeness (QED) is 0.367. The highest BCUT2D eigenvalue weighted by Crippen LogP contribution is 2.16. The lowest BCUT2D eigenvalue weighted by Crippen LogP contribution is -2.32. The molecule has 3 N–H and O–H groups in total. The van der Waals surface area contributed by atoms with Crippen molar-refractivity contribution in [2.45, 2.75) is 32.1 Å². The number of nitrogens with zero attached hydrogens (tertiary/aromatic N) is 2. The summed E-state index contributed by atoms with van der Waals surface area (Å²) in [6.07, 6.45) is 1.70. The Morgan fingerprint density at radius 1 is 1.50 bits per heavy atom. The van der Waals surface area contributed by atoms with Gasteiger partial charge in [0.05, 0.1) is 16.2 Å². The third-order valence-corrected chi connectivity index (χ3v) is 5.32. The molecule has 7 heteroatoms. The molecule has 0 radical (unpaired) electrons. The molecule has 1 rings (SSSR count). The van der Waals surface area contributed by atoms with Gasteiger partial charge in [0.25, 0.3) is 0 Å². The Hall–Kier alpha value is -1.50. The molecule has 0 aliphatic rings. The fourth-order valence-corrected chi connectivity index (χ4v) is 2.47. The van der Waals surface area contributed by atoms with Gasteiger partial charge in [0, 0.05) is 12.7 Å². The Morgan fingerprint density at radius 3 is 2.61 bits per heavy atom. The van der Waals surface area contributed by atoms with E-state index in [1.807, 2.05) is 0 Å². The van der Waals surface area contributed by atoms with Gasteiger partial charge in [-0.1, -0.05) is 5.16 Å². The molecule has 0 fully saturated rings. The molecule has 0 aromatic carbocycles. The second kappa shape index (κ2) is 5.01. The van der Waals surface area contributed by atoms with Crippen LogP contribution in [0.2, 0.25) is 0 Å². The van der Waals surface area contributed by atoms with Gasteiger partial charge in [0.15, 0.2) is 15.7 Å². The summed E-state index contributed by atoms with van der Waals surface area (Å²) in [5.74, 6) is -0.0233. The van der Waals surface area contributed by atoms with E-state index in [1.54, 1.807) is 43.7 Å².